The second-order valence-electron chi connectivity index (χ2n) is 7.89. The summed E-state index contributed by atoms with van der Waals surface area (Å²) in [4.78, 5) is 12.4. The van der Waals surface area contributed by atoms with E-state index in [0.29, 0.717) is 11.4 Å². The molecule has 35 heavy (non-hydrogen) atoms. The third kappa shape index (κ3) is 6.81. The van der Waals surface area contributed by atoms with E-state index in [9.17, 15) is 21.6 Å². The van der Waals surface area contributed by atoms with Crippen molar-refractivity contribution in [1.82, 2.24) is 9.62 Å². The van der Waals surface area contributed by atoms with Gasteiger partial charge in [0.2, 0.25) is 10.0 Å². The van der Waals surface area contributed by atoms with Crippen molar-refractivity contribution in [1.29, 1.82) is 0 Å². The van der Waals surface area contributed by atoms with Crippen LogP contribution in [0.1, 0.15) is 11.1 Å². The number of ether oxygens (including phenoxy) is 1. The molecular formula is C24H27N3O6S2. The summed E-state index contributed by atoms with van der Waals surface area (Å²) in [7, 11) is -4.36. The Morgan fingerprint density at radius 2 is 1.46 bits per heavy atom. The Morgan fingerprint density at radius 3 is 2.06 bits per heavy atom. The largest absolute Gasteiger partial charge is 0.484 e. The van der Waals surface area contributed by atoms with Crippen LogP contribution >= 0.6 is 0 Å². The van der Waals surface area contributed by atoms with Gasteiger partial charge in [-0.05, 0) is 60.5 Å². The van der Waals surface area contributed by atoms with Gasteiger partial charge >= 0.3 is 0 Å². The molecule has 0 heterocycles. The Labute approximate surface area is 205 Å². The number of para-hydroxylation sites is 1. The Morgan fingerprint density at radius 1 is 0.857 bits per heavy atom. The average Bonchev–Trinajstić information content (AvgIpc) is 2.83. The summed E-state index contributed by atoms with van der Waals surface area (Å²) in [6.45, 7) is 1.75. The molecule has 3 rings (SSSR count). The molecule has 0 aliphatic rings. The summed E-state index contributed by atoms with van der Waals surface area (Å²) < 4.78 is 58.5. The summed E-state index contributed by atoms with van der Waals surface area (Å²) in [5.74, 6) is -0.0406. The third-order valence-electron chi connectivity index (χ3n) is 5.08. The molecule has 9 nitrogen and oxygen atoms in total. The fourth-order valence-electron chi connectivity index (χ4n) is 3.00. The SMILES string of the molecule is Cc1ccccc1NS(=O)(=O)c1ccc(OCC(=O)NCc2ccc(S(=O)(=O)N(C)C)cc2)cc1. The second-order valence-corrected chi connectivity index (χ2v) is 11.7. The van der Waals surface area contributed by atoms with Crippen LogP contribution in [0, 0.1) is 6.92 Å². The van der Waals surface area contributed by atoms with Gasteiger partial charge in [-0.3, -0.25) is 9.52 Å². The number of anilines is 1. The number of nitrogens with one attached hydrogen (secondary N) is 2. The van der Waals surface area contributed by atoms with Crippen LogP contribution in [-0.2, 0) is 31.4 Å². The van der Waals surface area contributed by atoms with Gasteiger partial charge in [0.15, 0.2) is 6.61 Å². The highest BCUT2D eigenvalue weighted by molar-refractivity contribution is 7.92. The van der Waals surface area contributed by atoms with Gasteiger partial charge in [0.1, 0.15) is 5.75 Å². The summed E-state index contributed by atoms with van der Waals surface area (Å²) in [6, 6.07) is 19.0. The van der Waals surface area contributed by atoms with E-state index in [0.717, 1.165) is 15.4 Å². The molecule has 0 aliphatic carbocycles. The number of benzene rings is 3. The Balaban J connectivity index is 1.51. The molecule has 0 aliphatic heterocycles. The van der Waals surface area contributed by atoms with Crippen LogP contribution in [0.3, 0.4) is 0 Å². The van der Waals surface area contributed by atoms with Crippen molar-refractivity contribution in [3.05, 3.63) is 83.9 Å². The van der Waals surface area contributed by atoms with E-state index < -0.39 is 20.0 Å². The molecule has 0 spiro atoms. The minimum absolute atomic E-state index is 0.0669. The fraction of sp³-hybridized carbons (Fsp3) is 0.208. The maximum absolute atomic E-state index is 12.6. The first kappa shape index (κ1) is 26.2. The monoisotopic (exact) mass is 517 g/mol. The van der Waals surface area contributed by atoms with Crippen LogP contribution in [0.25, 0.3) is 0 Å². The van der Waals surface area contributed by atoms with E-state index >= 15 is 0 Å². The topological polar surface area (TPSA) is 122 Å². The molecule has 2 N–H and O–H groups in total. The van der Waals surface area contributed by atoms with Gasteiger partial charge in [0, 0.05) is 20.6 Å². The first-order valence-corrected chi connectivity index (χ1v) is 13.5. The highest BCUT2D eigenvalue weighted by Crippen LogP contribution is 2.21. The number of carbonyl (C=O) groups is 1. The summed E-state index contributed by atoms with van der Waals surface area (Å²) in [5.41, 5.74) is 2.03. The molecule has 3 aromatic rings. The van der Waals surface area contributed by atoms with Gasteiger partial charge in [-0.1, -0.05) is 30.3 Å². The van der Waals surface area contributed by atoms with Crippen molar-refractivity contribution in [2.75, 3.05) is 25.4 Å². The standard InChI is InChI=1S/C24H27N3O6S2/c1-18-6-4-5-7-23(18)26-34(29,30)21-14-10-20(11-15-21)33-17-24(28)25-16-19-8-12-22(13-9-19)35(31,32)27(2)3/h4-15,26H,16-17H2,1-3H3,(H,25,28). The third-order valence-corrected chi connectivity index (χ3v) is 8.30. The lowest BCUT2D eigenvalue weighted by atomic mass is 10.2. The van der Waals surface area contributed by atoms with Crippen molar-refractivity contribution in [3.8, 4) is 5.75 Å². The quantitative estimate of drug-likeness (QED) is 0.427. The predicted octanol–water partition coefficient (Wildman–Crippen LogP) is 2.74. The number of rotatable bonds is 10. The van der Waals surface area contributed by atoms with Crippen LogP contribution < -0.4 is 14.8 Å². The van der Waals surface area contributed by atoms with Crippen molar-refractivity contribution in [3.63, 3.8) is 0 Å². The molecule has 0 saturated carbocycles. The molecule has 3 aromatic carbocycles. The molecule has 186 valence electrons. The van der Waals surface area contributed by atoms with E-state index in [1.54, 1.807) is 24.3 Å². The molecule has 1 amide bonds. The lowest BCUT2D eigenvalue weighted by Gasteiger charge is -2.12. The van der Waals surface area contributed by atoms with Crippen molar-refractivity contribution in [2.24, 2.45) is 0 Å². The highest BCUT2D eigenvalue weighted by Gasteiger charge is 2.17. The number of aryl methyl sites for hydroxylation is 1. The molecule has 0 atom stereocenters. The summed E-state index contributed by atoms with van der Waals surface area (Å²) in [6.07, 6.45) is 0. The normalized spacial score (nSPS) is 11.8. The van der Waals surface area contributed by atoms with E-state index in [2.05, 4.69) is 10.0 Å². The number of carbonyl (C=O) groups excluding carboxylic acids is 1. The average molecular weight is 518 g/mol. The molecule has 0 fully saturated rings. The maximum atomic E-state index is 12.6. The van der Waals surface area contributed by atoms with Crippen LogP contribution in [0.4, 0.5) is 5.69 Å². The van der Waals surface area contributed by atoms with Crippen LogP contribution in [0.5, 0.6) is 5.75 Å². The number of sulfonamides is 2. The number of amides is 1. The molecular weight excluding hydrogens is 490 g/mol. The molecule has 0 radical (unpaired) electrons. The smallest absolute Gasteiger partial charge is 0.261 e. The van der Waals surface area contributed by atoms with Crippen LogP contribution in [0.15, 0.2) is 82.6 Å². The van der Waals surface area contributed by atoms with Crippen molar-refractivity contribution < 1.29 is 26.4 Å². The van der Waals surface area contributed by atoms with E-state index in [4.69, 9.17) is 4.74 Å². The lowest BCUT2D eigenvalue weighted by molar-refractivity contribution is -0.123. The fourth-order valence-corrected chi connectivity index (χ4v) is 5.03. The lowest BCUT2D eigenvalue weighted by Crippen LogP contribution is -2.28. The highest BCUT2D eigenvalue weighted by atomic mass is 32.2. The molecule has 0 aromatic heterocycles. The Hall–Kier alpha value is -3.41. The maximum Gasteiger partial charge on any atom is 0.261 e. The van der Waals surface area contributed by atoms with Gasteiger partial charge in [-0.25, -0.2) is 21.1 Å². The minimum Gasteiger partial charge on any atom is -0.484 e. The number of hydrogen-bond donors (Lipinski definition) is 2. The number of nitrogens with zero attached hydrogens (tertiary/aromatic N) is 1. The van der Waals surface area contributed by atoms with Gasteiger partial charge in [0.25, 0.3) is 15.9 Å². The molecule has 0 bridgehead atoms. The van der Waals surface area contributed by atoms with Gasteiger partial charge in [-0.2, -0.15) is 0 Å². The van der Waals surface area contributed by atoms with Gasteiger partial charge in [0.05, 0.1) is 15.5 Å². The van der Waals surface area contributed by atoms with Gasteiger partial charge in [-0.15, -0.1) is 0 Å². The van der Waals surface area contributed by atoms with Crippen molar-refractivity contribution >= 4 is 31.6 Å². The second kappa shape index (κ2) is 10.9. The van der Waals surface area contributed by atoms with Crippen LogP contribution in [0.2, 0.25) is 0 Å². The molecule has 11 heteroatoms. The zero-order valence-electron chi connectivity index (χ0n) is 19.6. The summed E-state index contributed by atoms with van der Waals surface area (Å²) in [5, 5.41) is 2.69. The zero-order valence-corrected chi connectivity index (χ0v) is 21.2. The van der Waals surface area contributed by atoms with Crippen LogP contribution in [-0.4, -0.2) is 47.8 Å². The van der Waals surface area contributed by atoms with Crippen molar-refractivity contribution in [2.45, 2.75) is 23.3 Å². The Bertz CT molecular complexity index is 1390. The van der Waals surface area contributed by atoms with Gasteiger partial charge < -0.3 is 10.1 Å². The molecule has 0 unspecified atom stereocenters. The zero-order chi connectivity index (χ0) is 25.6. The first-order valence-electron chi connectivity index (χ1n) is 10.6. The van der Waals surface area contributed by atoms with E-state index in [1.807, 2.05) is 19.1 Å². The number of hydrogen-bond acceptors (Lipinski definition) is 6. The Kier molecular flexibility index (Phi) is 8.15. The molecule has 0 saturated heterocycles. The minimum atomic E-state index is -3.77. The first-order chi connectivity index (χ1) is 16.5. The predicted molar refractivity (Wildman–Crippen MR) is 133 cm³/mol. The van der Waals surface area contributed by atoms with E-state index in [1.165, 1.54) is 50.5 Å². The van der Waals surface area contributed by atoms with E-state index in [-0.39, 0.29) is 28.8 Å². The summed E-state index contributed by atoms with van der Waals surface area (Å²) >= 11 is 0.